The fourth-order valence-electron chi connectivity index (χ4n) is 4.09. The van der Waals surface area contributed by atoms with Crippen molar-refractivity contribution in [3.63, 3.8) is 0 Å². The first-order valence-corrected chi connectivity index (χ1v) is 7.34. The maximum Gasteiger partial charge on any atom is 0.118 e. The number of aliphatic hydroxyl groups excluding tert-OH is 2. The molecule has 0 bridgehead atoms. The quantitative estimate of drug-likeness (QED) is 0.720. The van der Waals surface area contributed by atoms with Crippen LogP contribution in [0.4, 0.5) is 0 Å². The Balaban J connectivity index is 1.83. The largest absolute Gasteiger partial charge is 0.387 e. The van der Waals surface area contributed by atoms with Gasteiger partial charge in [-0.15, -0.1) is 0 Å². The van der Waals surface area contributed by atoms with E-state index >= 15 is 0 Å². The lowest BCUT2D eigenvalue weighted by Crippen LogP contribution is -2.29. The van der Waals surface area contributed by atoms with E-state index in [2.05, 4.69) is 18.2 Å². The molecule has 2 N–H and O–H groups in total. The van der Waals surface area contributed by atoms with E-state index in [1.54, 1.807) is 0 Å². The van der Waals surface area contributed by atoms with Crippen molar-refractivity contribution in [3.05, 3.63) is 46.5 Å². The fourth-order valence-corrected chi connectivity index (χ4v) is 4.09. The predicted octanol–water partition coefficient (Wildman–Crippen LogP) is 2.18. The van der Waals surface area contributed by atoms with Gasteiger partial charge in [0, 0.05) is 0 Å². The third-order valence-corrected chi connectivity index (χ3v) is 5.15. The number of benzene rings is 2. The second-order valence-electron chi connectivity index (χ2n) is 6.18. The van der Waals surface area contributed by atoms with Gasteiger partial charge in [0.05, 0.1) is 0 Å². The van der Waals surface area contributed by atoms with Crippen molar-refractivity contribution in [1.29, 1.82) is 0 Å². The number of epoxide rings is 1. The monoisotopic (exact) mass is 268 g/mol. The zero-order chi connectivity index (χ0) is 13.4. The molecule has 5 rings (SSSR count). The molecule has 20 heavy (non-hydrogen) atoms. The smallest absolute Gasteiger partial charge is 0.118 e. The highest BCUT2D eigenvalue weighted by atomic mass is 16.6. The molecule has 1 heterocycles. The van der Waals surface area contributed by atoms with Crippen LogP contribution in [0.15, 0.2) is 24.3 Å². The Hall–Kier alpha value is -1.42. The van der Waals surface area contributed by atoms with Crippen molar-refractivity contribution in [2.45, 2.75) is 43.7 Å². The van der Waals surface area contributed by atoms with Gasteiger partial charge in [0.1, 0.15) is 24.4 Å². The first kappa shape index (κ1) is 11.3. The zero-order valence-corrected chi connectivity index (χ0v) is 11.0. The maximum atomic E-state index is 10.2. The van der Waals surface area contributed by atoms with E-state index in [1.165, 1.54) is 34.7 Å². The number of hydrogen-bond acceptors (Lipinski definition) is 3. The van der Waals surface area contributed by atoms with Gasteiger partial charge in [-0.1, -0.05) is 24.3 Å². The van der Waals surface area contributed by atoms with Crippen molar-refractivity contribution >= 4 is 10.8 Å². The summed E-state index contributed by atoms with van der Waals surface area (Å²) in [6, 6.07) is 8.47. The van der Waals surface area contributed by atoms with Crippen LogP contribution in [0.25, 0.3) is 10.8 Å². The summed E-state index contributed by atoms with van der Waals surface area (Å²) in [5, 5.41) is 22.7. The Kier molecular flexibility index (Phi) is 2.03. The molecule has 1 saturated heterocycles. The molecular formula is C17H16O3. The minimum absolute atomic E-state index is 0.0356. The number of aryl methyl sites for hydroxylation is 2. The van der Waals surface area contributed by atoms with Gasteiger partial charge >= 0.3 is 0 Å². The van der Waals surface area contributed by atoms with E-state index in [4.69, 9.17) is 4.74 Å². The summed E-state index contributed by atoms with van der Waals surface area (Å²) in [7, 11) is 0. The molecule has 1 fully saturated rings. The van der Waals surface area contributed by atoms with Gasteiger partial charge in [-0.2, -0.15) is 0 Å². The molecule has 3 nitrogen and oxygen atoms in total. The summed E-state index contributed by atoms with van der Waals surface area (Å²) in [6.07, 6.45) is 1.67. The standard InChI is InChI=1S/C17H16O3/c18-14-12-7-6-10-9-3-1-2-8(9)4-5-11(10)13(12)16-17(20-16)15(14)19/h4-7,14-19H,1-3H2/t14-,15+,16-,17+/m1/s1. The van der Waals surface area contributed by atoms with Gasteiger partial charge in [-0.05, 0) is 52.3 Å². The fraction of sp³-hybridized carbons (Fsp3) is 0.412. The maximum absolute atomic E-state index is 10.2. The van der Waals surface area contributed by atoms with Crippen molar-refractivity contribution < 1.29 is 14.9 Å². The normalized spacial score (nSPS) is 33.7. The van der Waals surface area contributed by atoms with Crippen molar-refractivity contribution in [3.8, 4) is 0 Å². The molecular weight excluding hydrogens is 252 g/mol. The summed E-state index contributed by atoms with van der Waals surface area (Å²) in [5.74, 6) is 0. The third-order valence-electron chi connectivity index (χ3n) is 5.15. The molecule has 3 heteroatoms. The van der Waals surface area contributed by atoms with Crippen LogP contribution in [-0.4, -0.2) is 22.4 Å². The Labute approximate surface area is 116 Å². The summed E-state index contributed by atoms with van der Waals surface area (Å²) in [4.78, 5) is 0. The van der Waals surface area contributed by atoms with Crippen LogP contribution < -0.4 is 0 Å². The minimum atomic E-state index is -0.827. The summed E-state index contributed by atoms with van der Waals surface area (Å²) in [6.45, 7) is 0. The van der Waals surface area contributed by atoms with Crippen molar-refractivity contribution in [2.24, 2.45) is 0 Å². The van der Waals surface area contributed by atoms with Crippen LogP contribution in [0.2, 0.25) is 0 Å². The third kappa shape index (κ3) is 1.26. The highest BCUT2D eigenvalue weighted by Gasteiger charge is 2.54. The number of aliphatic hydroxyl groups is 2. The average Bonchev–Trinajstić information content (AvgIpc) is 3.12. The zero-order valence-electron chi connectivity index (χ0n) is 11.0. The first-order chi connectivity index (χ1) is 9.75. The van der Waals surface area contributed by atoms with Gasteiger partial charge in [-0.3, -0.25) is 0 Å². The molecule has 102 valence electrons. The Morgan fingerprint density at radius 1 is 1.00 bits per heavy atom. The van der Waals surface area contributed by atoms with E-state index in [9.17, 15) is 10.2 Å². The van der Waals surface area contributed by atoms with E-state index in [-0.39, 0.29) is 12.2 Å². The highest BCUT2D eigenvalue weighted by Crippen LogP contribution is 2.53. The second-order valence-corrected chi connectivity index (χ2v) is 6.18. The molecule has 2 aliphatic carbocycles. The molecule has 1 aliphatic heterocycles. The number of fused-ring (bicyclic) bond motifs is 7. The predicted molar refractivity (Wildman–Crippen MR) is 74.6 cm³/mol. The SMILES string of the molecule is O[C@@H]1[C@@H]2O[C@@H]2c2c(ccc3c4c(ccc23)CCC4)[C@H]1O. The van der Waals surface area contributed by atoms with Crippen LogP contribution in [-0.2, 0) is 17.6 Å². The van der Waals surface area contributed by atoms with Gasteiger partial charge in [0.2, 0.25) is 0 Å². The first-order valence-electron chi connectivity index (χ1n) is 7.34. The Morgan fingerprint density at radius 3 is 2.75 bits per heavy atom. The second kappa shape index (κ2) is 3.61. The van der Waals surface area contributed by atoms with Crippen LogP contribution in [0, 0.1) is 0 Å². The van der Waals surface area contributed by atoms with Crippen molar-refractivity contribution in [2.75, 3.05) is 0 Å². The molecule has 3 aliphatic rings. The number of ether oxygens (including phenoxy) is 1. The highest BCUT2D eigenvalue weighted by molar-refractivity contribution is 5.92. The molecule has 0 saturated carbocycles. The molecule has 0 aromatic heterocycles. The molecule has 0 unspecified atom stereocenters. The molecule has 0 spiro atoms. The van der Waals surface area contributed by atoms with Gasteiger partial charge in [0.25, 0.3) is 0 Å². The van der Waals surface area contributed by atoms with Gasteiger partial charge < -0.3 is 14.9 Å². The summed E-state index contributed by atoms with van der Waals surface area (Å²) < 4.78 is 5.60. The van der Waals surface area contributed by atoms with Crippen LogP contribution in [0.1, 0.15) is 40.9 Å². The minimum Gasteiger partial charge on any atom is -0.387 e. The van der Waals surface area contributed by atoms with E-state index in [0.717, 1.165) is 17.5 Å². The molecule has 0 radical (unpaired) electrons. The van der Waals surface area contributed by atoms with Crippen LogP contribution >= 0.6 is 0 Å². The lowest BCUT2D eigenvalue weighted by molar-refractivity contribution is 0.000105. The Morgan fingerprint density at radius 2 is 1.85 bits per heavy atom. The van der Waals surface area contributed by atoms with Gasteiger partial charge in [-0.25, -0.2) is 0 Å². The van der Waals surface area contributed by atoms with E-state index in [0.29, 0.717) is 0 Å². The lowest BCUT2D eigenvalue weighted by atomic mass is 9.83. The van der Waals surface area contributed by atoms with Crippen LogP contribution in [0.3, 0.4) is 0 Å². The van der Waals surface area contributed by atoms with E-state index in [1.807, 2.05) is 6.07 Å². The topological polar surface area (TPSA) is 53.0 Å². The molecule has 2 aromatic carbocycles. The van der Waals surface area contributed by atoms with Crippen LogP contribution in [0.5, 0.6) is 0 Å². The lowest BCUT2D eigenvalue weighted by Gasteiger charge is -2.25. The van der Waals surface area contributed by atoms with Gasteiger partial charge in [0.15, 0.2) is 0 Å². The number of rotatable bonds is 0. The Bertz CT molecular complexity index is 737. The molecule has 0 amide bonds. The van der Waals surface area contributed by atoms with Crippen molar-refractivity contribution in [1.82, 2.24) is 0 Å². The molecule has 2 aromatic rings. The summed E-state index contributed by atoms with van der Waals surface area (Å²) >= 11 is 0. The average molecular weight is 268 g/mol. The molecule has 4 atom stereocenters. The number of hydrogen-bond donors (Lipinski definition) is 2. The van der Waals surface area contributed by atoms with E-state index < -0.39 is 12.2 Å². The summed E-state index contributed by atoms with van der Waals surface area (Å²) in [5.41, 5.74) is 4.85.